The van der Waals surface area contributed by atoms with Gasteiger partial charge < -0.3 is 0 Å². The van der Waals surface area contributed by atoms with Crippen molar-refractivity contribution in [1.82, 2.24) is 4.98 Å². The highest BCUT2D eigenvalue weighted by molar-refractivity contribution is 9.10. The van der Waals surface area contributed by atoms with Crippen molar-refractivity contribution in [2.75, 3.05) is 5.32 Å². The standard InChI is InChI=1S/C18H13BrN2OS/c19-15-9-7-14(8-10-15)16-12-23-18(20-16)21-17(22)11-6-13-4-2-1-3-5-13/h1-12H,(H,20,21,22)/b11-6-. The van der Waals surface area contributed by atoms with Crippen LogP contribution in [0.5, 0.6) is 0 Å². The van der Waals surface area contributed by atoms with Crippen molar-refractivity contribution in [1.29, 1.82) is 0 Å². The highest BCUT2D eigenvalue weighted by Crippen LogP contribution is 2.26. The Morgan fingerprint density at radius 2 is 1.83 bits per heavy atom. The summed E-state index contributed by atoms with van der Waals surface area (Å²) in [6.07, 6.45) is 3.29. The number of halogens is 1. The number of thiazole rings is 1. The van der Waals surface area contributed by atoms with Gasteiger partial charge in [-0.3, -0.25) is 10.1 Å². The fourth-order valence-corrected chi connectivity index (χ4v) is 2.95. The van der Waals surface area contributed by atoms with Gasteiger partial charge in [0.15, 0.2) is 5.13 Å². The Bertz CT molecular complexity index is 826. The van der Waals surface area contributed by atoms with Gasteiger partial charge in [-0.15, -0.1) is 11.3 Å². The molecule has 0 saturated carbocycles. The van der Waals surface area contributed by atoms with Crippen LogP contribution in [0.3, 0.4) is 0 Å². The third-order valence-corrected chi connectivity index (χ3v) is 4.39. The average Bonchev–Trinajstić information content (AvgIpc) is 3.03. The molecule has 3 aromatic rings. The second-order valence-electron chi connectivity index (χ2n) is 4.78. The van der Waals surface area contributed by atoms with Gasteiger partial charge in [-0.1, -0.05) is 58.4 Å². The lowest BCUT2D eigenvalue weighted by molar-refractivity contribution is -0.111. The maximum absolute atomic E-state index is 11.9. The van der Waals surface area contributed by atoms with Crippen molar-refractivity contribution < 1.29 is 4.79 Å². The van der Waals surface area contributed by atoms with E-state index in [0.717, 1.165) is 21.3 Å². The molecule has 1 aromatic heterocycles. The normalized spacial score (nSPS) is 10.8. The molecule has 0 bridgehead atoms. The summed E-state index contributed by atoms with van der Waals surface area (Å²) >= 11 is 4.82. The van der Waals surface area contributed by atoms with Gasteiger partial charge in [-0.2, -0.15) is 0 Å². The van der Waals surface area contributed by atoms with Crippen molar-refractivity contribution in [3.05, 3.63) is 76.1 Å². The average molecular weight is 385 g/mol. The molecule has 114 valence electrons. The molecule has 0 spiro atoms. The molecule has 1 heterocycles. The van der Waals surface area contributed by atoms with Gasteiger partial charge in [0, 0.05) is 21.5 Å². The van der Waals surface area contributed by atoms with Gasteiger partial charge in [-0.05, 0) is 23.8 Å². The smallest absolute Gasteiger partial charge is 0.250 e. The van der Waals surface area contributed by atoms with Gasteiger partial charge in [0.2, 0.25) is 5.91 Å². The van der Waals surface area contributed by atoms with E-state index in [0.29, 0.717) is 5.13 Å². The molecular formula is C18H13BrN2OS. The summed E-state index contributed by atoms with van der Waals surface area (Å²) in [6.45, 7) is 0. The molecular weight excluding hydrogens is 372 g/mol. The summed E-state index contributed by atoms with van der Waals surface area (Å²) in [5.74, 6) is -0.189. The predicted molar refractivity (Wildman–Crippen MR) is 99.4 cm³/mol. The van der Waals surface area contributed by atoms with Crippen LogP contribution in [0.1, 0.15) is 5.56 Å². The molecule has 0 unspecified atom stereocenters. The number of rotatable bonds is 4. The number of nitrogens with one attached hydrogen (secondary N) is 1. The van der Waals surface area contributed by atoms with Crippen LogP contribution in [0, 0.1) is 0 Å². The number of anilines is 1. The number of benzene rings is 2. The number of hydrogen-bond donors (Lipinski definition) is 1. The van der Waals surface area contributed by atoms with Gasteiger partial charge in [0.05, 0.1) is 5.69 Å². The van der Waals surface area contributed by atoms with Crippen molar-refractivity contribution in [2.45, 2.75) is 0 Å². The first kappa shape index (κ1) is 15.6. The van der Waals surface area contributed by atoms with Crippen LogP contribution in [0.25, 0.3) is 17.3 Å². The van der Waals surface area contributed by atoms with Crippen LogP contribution < -0.4 is 5.32 Å². The van der Waals surface area contributed by atoms with E-state index < -0.39 is 0 Å². The highest BCUT2D eigenvalue weighted by Gasteiger charge is 2.06. The zero-order valence-electron chi connectivity index (χ0n) is 12.1. The third kappa shape index (κ3) is 4.37. The number of hydrogen-bond acceptors (Lipinski definition) is 3. The summed E-state index contributed by atoms with van der Waals surface area (Å²) in [5, 5.41) is 5.30. The fourth-order valence-electron chi connectivity index (χ4n) is 1.97. The van der Waals surface area contributed by atoms with E-state index in [4.69, 9.17) is 0 Å². The molecule has 5 heteroatoms. The van der Waals surface area contributed by atoms with E-state index in [1.807, 2.05) is 60.0 Å². The van der Waals surface area contributed by atoms with Crippen molar-refractivity contribution in [3.63, 3.8) is 0 Å². The lowest BCUT2D eigenvalue weighted by Gasteiger charge is -1.98. The number of carbonyl (C=O) groups excluding carboxylic acids is 1. The minimum Gasteiger partial charge on any atom is -0.298 e. The number of amides is 1. The SMILES string of the molecule is O=C(/C=C\c1ccccc1)Nc1nc(-c2ccc(Br)cc2)cs1. The zero-order valence-corrected chi connectivity index (χ0v) is 14.5. The largest absolute Gasteiger partial charge is 0.298 e. The summed E-state index contributed by atoms with van der Waals surface area (Å²) in [4.78, 5) is 16.4. The first-order valence-electron chi connectivity index (χ1n) is 6.96. The number of nitrogens with zero attached hydrogens (tertiary/aromatic N) is 1. The molecule has 0 atom stereocenters. The molecule has 0 aliphatic rings. The second-order valence-corrected chi connectivity index (χ2v) is 6.55. The summed E-state index contributed by atoms with van der Waals surface area (Å²) in [5.41, 5.74) is 2.85. The monoisotopic (exact) mass is 384 g/mol. The lowest BCUT2D eigenvalue weighted by atomic mass is 10.2. The topological polar surface area (TPSA) is 42.0 Å². The molecule has 3 nitrogen and oxygen atoms in total. The van der Waals surface area contributed by atoms with Crippen LogP contribution >= 0.6 is 27.3 Å². The minimum absolute atomic E-state index is 0.189. The van der Waals surface area contributed by atoms with Gasteiger partial charge in [0.25, 0.3) is 0 Å². The summed E-state index contributed by atoms with van der Waals surface area (Å²) in [6, 6.07) is 17.6. The lowest BCUT2D eigenvalue weighted by Crippen LogP contribution is -2.07. The molecule has 0 aliphatic heterocycles. The van der Waals surface area contributed by atoms with Crippen LogP contribution in [0.4, 0.5) is 5.13 Å². The van der Waals surface area contributed by atoms with Gasteiger partial charge in [-0.25, -0.2) is 4.98 Å². The van der Waals surface area contributed by atoms with Gasteiger partial charge >= 0.3 is 0 Å². The Morgan fingerprint density at radius 1 is 1.09 bits per heavy atom. The molecule has 0 fully saturated rings. The molecule has 0 aliphatic carbocycles. The van der Waals surface area contributed by atoms with E-state index >= 15 is 0 Å². The Kier molecular flexibility index (Phi) is 5.00. The van der Waals surface area contributed by atoms with Gasteiger partial charge in [0.1, 0.15) is 0 Å². The van der Waals surface area contributed by atoms with Crippen LogP contribution in [0.2, 0.25) is 0 Å². The Balaban J connectivity index is 1.66. The summed E-state index contributed by atoms with van der Waals surface area (Å²) < 4.78 is 1.02. The maximum atomic E-state index is 11.9. The van der Waals surface area contributed by atoms with E-state index in [1.54, 1.807) is 6.08 Å². The van der Waals surface area contributed by atoms with E-state index in [2.05, 4.69) is 26.2 Å². The zero-order chi connectivity index (χ0) is 16.1. The van der Waals surface area contributed by atoms with Crippen molar-refractivity contribution >= 4 is 44.4 Å². The number of carbonyl (C=O) groups is 1. The van der Waals surface area contributed by atoms with E-state index in [9.17, 15) is 4.79 Å². The van der Waals surface area contributed by atoms with Crippen LogP contribution in [0.15, 0.2) is 70.5 Å². The highest BCUT2D eigenvalue weighted by atomic mass is 79.9. The predicted octanol–water partition coefficient (Wildman–Crippen LogP) is 5.22. The van der Waals surface area contributed by atoms with Crippen molar-refractivity contribution in [2.24, 2.45) is 0 Å². The Labute approximate surface area is 146 Å². The molecule has 1 amide bonds. The molecule has 3 rings (SSSR count). The molecule has 0 radical (unpaired) electrons. The van der Waals surface area contributed by atoms with Crippen LogP contribution in [-0.2, 0) is 4.79 Å². The Morgan fingerprint density at radius 3 is 2.57 bits per heavy atom. The second kappa shape index (κ2) is 7.35. The quantitative estimate of drug-likeness (QED) is 0.626. The first-order valence-corrected chi connectivity index (χ1v) is 8.63. The van der Waals surface area contributed by atoms with E-state index in [1.165, 1.54) is 17.4 Å². The first-order chi connectivity index (χ1) is 11.2. The van der Waals surface area contributed by atoms with Crippen LogP contribution in [-0.4, -0.2) is 10.9 Å². The number of aromatic nitrogens is 1. The molecule has 23 heavy (non-hydrogen) atoms. The molecule has 2 aromatic carbocycles. The maximum Gasteiger partial charge on any atom is 0.250 e. The van der Waals surface area contributed by atoms with E-state index in [-0.39, 0.29) is 5.91 Å². The minimum atomic E-state index is -0.189. The Hall–Kier alpha value is -2.24. The van der Waals surface area contributed by atoms with Crippen molar-refractivity contribution in [3.8, 4) is 11.3 Å². The third-order valence-electron chi connectivity index (χ3n) is 3.10. The molecule has 1 N–H and O–H groups in total. The fraction of sp³-hybridized carbons (Fsp3) is 0. The molecule has 0 saturated heterocycles. The summed E-state index contributed by atoms with van der Waals surface area (Å²) in [7, 11) is 0.